The van der Waals surface area contributed by atoms with E-state index >= 15 is 0 Å². The van der Waals surface area contributed by atoms with Crippen LogP contribution in [0.25, 0.3) is 0 Å². The lowest BCUT2D eigenvalue weighted by molar-refractivity contribution is 0.151. The van der Waals surface area contributed by atoms with E-state index in [4.69, 9.17) is 0 Å². The molecule has 2 heterocycles. The lowest BCUT2D eigenvalue weighted by atomic mass is 9.99. The Labute approximate surface area is 125 Å². The first-order valence-electron chi connectivity index (χ1n) is 6.83. The van der Waals surface area contributed by atoms with Crippen LogP contribution in [0.4, 0.5) is 4.79 Å². The highest BCUT2D eigenvalue weighted by molar-refractivity contribution is 7.92. The average Bonchev–Trinajstić information content (AvgIpc) is 2.75. The van der Waals surface area contributed by atoms with Crippen molar-refractivity contribution in [3.8, 4) is 0 Å². The van der Waals surface area contributed by atoms with Crippen LogP contribution < -0.4 is 5.32 Å². The van der Waals surface area contributed by atoms with Crippen LogP contribution in [0.2, 0.25) is 0 Å². The fourth-order valence-electron chi connectivity index (χ4n) is 2.95. The number of sulfone groups is 2. The van der Waals surface area contributed by atoms with Gasteiger partial charge in [0.1, 0.15) is 0 Å². The van der Waals surface area contributed by atoms with Gasteiger partial charge in [0.25, 0.3) is 0 Å². The van der Waals surface area contributed by atoms with E-state index in [1.807, 2.05) is 0 Å². The summed E-state index contributed by atoms with van der Waals surface area (Å²) in [5, 5.41) is 2.75. The van der Waals surface area contributed by atoms with Gasteiger partial charge in [-0.05, 0) is 26.7 Å². The van der Waals surface area contributed by atoms with Crippen LogP contribution >= 0.6 is 0 Å². The van der Waals surface area contributed by atoms with Crippen molar-refractivity contribution >= 4 is 25.7 Å². The van der Waals surface area contributed by atoms with Crippen molar-refractivity contribution in [2.45, 2.75) is 37.8 Å². The normalized spacial score (nSPS) is 37.3. The fraction of sp³-hybridized carbons (Fsp3) is 0.917. The van der Waals surface area contributed by atoms with Crippen molar-refractivity contribution in [3.63, 3.8) is 0 Å². The molecule has 0 aromatic rings. The van der Waals surface area contributed by atoms with Gasteiger partial charge in [-0.15, -0.1) is 0 Å². The molecular formula is C12H22N2O5S2. The second-order valence-electron chi connectivity index (χ2n) is 6.73. The van der Waals surface area contributed by atoms with Crippen LogP contribution in [0.15, 0.2) is 0 Å². The van der Waals surface area contributed by atoms with E-state index in [2.05, 4.69) is 5.32 Å². The Morgan fingerprint density at radius 3 is 1.95 bits per heavy atom. The molecule has 2 aliphatic heterocycles. The molecule has 0 radical (unpaired) electrons. The average molecular weight is 338 g/mol. The van der Waals surface area contributed by atoms with Gasteiger partial charge in [-0.25, -0.2) is 21.6 Å². The van der Waals surface area contributed by atoms with Gasteiger partial charge in [-0.1, -0.05) is 0 Å². The lowest BCUT2D eigenvalue weighted by Crippen LogP contribution is -2.57. The first-order chi connectivity index (χ1) is 9.37. The zero-order chi connectivity index (χ0) is 16.1. The van der Waals surface area contributed by atoms with Crippen LogP contribution in [-0.2, 0) is 19.7 Å². The molecule has 0 aliphatic carbocycles. The summed E-state index contributed by atoms with van der Waals surface area (Å²) in [6.07, 6.45) is 0.776. The topological polar surface area (TPSA) is 101 Å². The maximum Gasteiger partial charge on any atom is 0.318 e. The van der Waals surface area contributed by atoms with Gasteiger partial charge in [0.15, 0.2) is 19.7 Å². The molecule has 0 spiro atoms. The van der Waals surface area contributed by atoms with Crippen LogP contribution in [0.3, 0.4) is 0 Å². The Bertz CT molecular complexity index is 657. The maximum absolute atomic E-state index is 12.3. The van der Waals surface area contributed by atoms with Crippen molar-refractivity contribution < 1.29 is 21.6 Å². The molecule has 9 heteroatoms. The summed E-state index contributed by atoms with van der Waals surface area (Å²) in [7, 11) is -4.66. The molecule has 21 heavy (non-hydrogen) atoms. The van der Waals surface area contributed by atoms with Gasteiger partial charge in [-0.2, -0.15) is 0 Å². The Kier molecular flexibility index (Phi) is 3.81. The molecule has 2 atom stereocenters. The number of carbonyl (C=O) groups excluding carboxylic acids is 1. The molecule has 2 aliphatic rings. The minimum Gasteiger partial charge on any atom is -0.332 e. The summed E-state index contributed by atoms with van der Waals surface area (Å²) in [5.41, 5.74) is -1.52. The van der Waals surface area contributed by atoms with E-state index < -0.39 is 36.8 Å². The molecule has 122 valence electrons. The molecule has 1 N–H and O–H groups in total. The van der Waals surface area contributed by atoms with Crippen molar-refractivity contribution in [2.75, 3.05) is 30.1 Å². The standard InChI is InChI=1S/C12H22N2O5S2/c1-11(4-6-20(16,17)8-11)13-10(15)14(3)12(2)5-7-21(18,19)9-12/h4-9H2,1-3H3,(H,13,15)/t11-,12-/m0/s1. The minimum absolute atomic E-state index is 0.0566. The second kappa shape index (κ2) is 4.84. The highest BCUT2D eigenvalue weighted by Crippen LogP contribution is 2.29. The monoisotopic (exact) mass is 338 g/mol. The molecule has 0 aromatic carbocycles. The van der Waals surface area contributed by atoms with Crippen LogP contribution in [0.1, 0.15) is 26.7 Å². The summed E-state index contributed by atoms with van der Waals surface area (Å²) >= 11 is 0. The number of urea groups is 1. The van der Waals surface area contributed by atoms with Gasteiger partial charge in [0.2, 0.25) is 0 Å². The lowest BCUT2D eigenvalue weighted by Gasteiger charge is -2.37. The maximum atomic E-state index is 12.3. The molecule has 0 unspecified atom stereocenters. The number of hydrogen-bond donors (Lipinski definition) is 1. The summed E-state index contributed by atoms with van der Waals surface area (Å²) in [4.78, 5) is 13.7. The van der Waals surface area contributed by atoms with Crippen molar-refractivity contribution in [1.82, 2.24) is 10.2 Å². The molecule has 0 aromatic heterocycles. The quantitative estimate of drug-likeness (QED) is 0.750. The highest BCUT2D eigenvalue weighted by Gasteiger charge is 2.45. The molecule has 2 rings (SSSR count). The molecule has 2 saturated heterocycles. The van der Waals surface area contributed by atoms with E-state index in [1.165, 1.54) is 4.90 Å². The van der Waals surface area contributed by atoms with Gasteiger partial charge in [0, 0.05) is 7.05 Å². The van der Waals surface area contributed by atoms with Crippen molar-refractivity contribution in [1.29, 1.82) is 0 Å². The zero-order valence-corrected chi connectivity index (χ0v) is 14.2. The summed E-state index contributed by atoms with van der Waals surface area (Å²) in [6, 6.07) is -0.422. The smallest absolute Gasteiger partial charge is 0.318 e. The molecule has 2 fully saturated rings. The van der Waals surface area contributed by atoms with Crippen LogP contribution in [0, 0.1) is 0 Å². The Morgan fingerprint density at radius 1 is 1.00 bits per heavy atom. The number of nitrogens with one attached hydrogen (secondary N) is 1. The van der Waals surface area contributed by atoms with E-state index in [0.29, 0.717) is 12.8 Å². The highest BCUT2D eigenvalue weighted by atomic mass is 32.2. The number of amides is 2. The first-order valence-corrected chi connectivity index (χ1v) is 10.5. The third kappa shape index (κ3) is 3.50. The van der Waals surface area contributed by atoms with Crippen molar-refractivity contribution in [3.05, 3.63) is 0 Å². The number of hydrogen-bond acceptors (Lipinski definition) is 5. The van der Waals surface area contributed by atoms with E-state index in [9.17, 15) is 21.6 Å². The van der Waals surface area contributed by atoms with Crippen LogP contribution in [0.5, 0.6) is 0 Å². The summed E-state index contributed by atoms with van der Waals surface area (Å²) < 4.78 is 46.4. The third-order valence-corrected chi connectivity index (χ3v) is 8.30. The predicted octanol–water partition coefficient (Wildman–Crippen LogP) is -0.218. The van der Waals surface area contributed by atoms with Gasteiger partial charge >= 0.3 is 6.03 Å². The Morgan fingerprint density at radius 2 is 1.52 bits per heavy atom. The number of nitrogens with zero attached hydrogens (tertiary/aromatic N) is 1. The first kappa shape index (κ1) is 16.5. The van der Waals surface area contributed by atoms with Crippen LogP contribution in [-0.4, -0.2) is 68.9 Å². The molecule has 2 amide bonds. The SMILES string of the molecule is CN(C(=O)N[C@@]1(C)CCS(=O)(=O)C1)[C@@]1(C)CCS(=O)(=O)C1. The molecular weight excluding hydrogens is 316 g/mol. The van der Waals surface area contributed by atoms with Gasteiger partial charge in [-0.3, -0.25) is 0 Å². The molecule has 0 saturated carbocycles. The van der Waals surface area contributed by atoms with E-state index in [0.717, 1.165) is 0 Å². The fourth-order valence-corrected chi connectivity index (χ4v) is 7.23. The van der Waals surface area contributed by atoms with E-state index in [1.54, 1.807) is 20.9 Å². The minimum atomic E-state index is -3.11. The Balaban J connectivity index is 2.08. The Hall–Kier alpha value is -0.830. The van der Waals surface area contributed by atoms with Gasteiger partial charge in [0.05, 0.1) is 34.1 Å². The summed E-state index contributed by atoms with van der Waals surface area (Å²) in [5.74, 6) is 0.0133. The third-order valence-electron chi connectivity index (χ3n) is 4.51. The molecule has 7 nitrogen and oxygen atoms in total. The summed E-state index contributed by atoms with van der Waals surface area (Å²) in [6.45, 7) is 3.45. The number of carbonyl (C=O) groups is 1. The van der Waals surface area contributed by atoms with Gasteiger partial charge < -0.3 is 10.2 Å². The zero-order valence-electron chi connectivity index (χ0n) is 12.5. The second-order valence-corrected chi connectivity index (χ2v) is 11.1. The number of rotatable bonds is 2. The predicted molar refractivity (Wildman–Crippen MR) is 79.6 cm³/mol. The largest absolute Gasteiger partial charge is 0.332 e. The van der Waals surface area contributed by atoms with E-state index in [-0.39, 0.29) is 23.0 Å². The molecule has 0 bridgehead atoms. The van der Waals surface area contributed by atoms with Crippen molar-refractivity contribution in [2.24, 2.45) is 0 Å².